The van der Waals surface area contributed by atoms with E-state index in [2.05, 4.69) is 82.2 Å². The molecule has 2 aromatic carbocycles. The van der Waals surface area contributed by atoms with Crippen LogP contribution in [0.4, 0.5) is 0 Å². The summed E-state index contributed by atoms with van der Waals surface area (Å²) in [5, 5.41) is 6.91. The highest BCUT2D eigenvalue weighted by atomic mass is 32.1. The van der Waals surface area contributed by atoms with Crippen LogP contribution in [0.25, 0.3) is 52.6 Å². The maximum Gasteiger partial charge on any atom is 0.143 e. The Morgan fingerprint density at radius 2 is 1.85 bits per heavy atom. The molecule has 6 rings (SSSR count). The average Bonchev–Trinajstić information content (AvgIpc) is 3.47. The van der Waals surface area contributed by atoms with Crippen molar-refractivity contribution in [2.75, 3.05) is 0 Å². The lowest BCUT2D eigenvalue weighted by Gasteiger charge is -2.21. The number of fused-ring (bicyclic) bond motifs is 6. The molecule has 5 heteroatoms. The van der Waals surface area contributed by atoms with Gasteiger partial charge in [0.1, 0.15) is 22.5 Å². The van der Waals surface area contributed by atoms with Gasteiger partial charge >= 0.3 is 0 Å². The van der Waals surface area contributed by atoms with E-state index in [1.54, 1.807) is 17.7 Å². The number of thiophene rings is 2. The van der Waals surface area contributed by atoms with E-state index >= 15 is 0 Å². The molecule has 0 aliphatic carbocycles. The summed E-state index contributed by atoms with van der Waals surface area (Å²) in [4.78, 5) is 10.5. The maximum atomic E-state index is 6.57. The minimum Gasteiger partial charge on any atom is -0.460 e. The highest BCUT2D eigenvalue weighted by Crippen LogP contribution is 2.45. The Morgan fingerprint density at radius 1 is 1.03 bits per heavy atom. The van der Waals surface area contributed by atoms with E-state index in [4.69, 9.17) is 9.40 Å². The zero-order valence-electron chi connectivity index (χ0n) is 20.4. The van der Waals surface area contributed by atoms with E-state index in [9.17, 15) is 0 Å². The third-order valence-corrected chi connectivity index (χ3v) is 8.69. The summed E-state index contributed by atoms with van der Waals surface area (Å²) in [5.41, 5.74) is 5.75. The van der Waals surface area contributed by atoms with Crippen LogP contribution in [0.2, 0.25) is 0 Å². The smallest absolute Gasteiger partial charge is 0.143 e. The van der Waals surface area contributed by atoms with Crippen molar-refractivity contribution in [1.82, 2.24) is 9.97 Å². The van der Waals surface area contributed by atoms with E-state index in [0.717, 1.165) is 44.6 Å². The van der Waals surface area contributed by atoms with Gasteiger partial charge in [-0.3, -0.25) is 0 Å². The number of hydrogen-bond donors (Lipinski definition) is 0. The lowest BCUT2D eigenvalue weighted by atomic mass is 9.85. The van der Waals surface area contributed by atoms with Crippen LogP contribution in [0.5, 0.6) is 0 Å². The van der Waals surface area contributed by atoms with Crippen molar-refractivity contribution in [2.24, 2.45) is 5.92 Å². The Kier molecular flexibility index (Phi) is 4.88. The Hall–Kier alpha value is -2.76. The fourth-order valence-corrected chi connectivity index (χ4v) is 7.12. The van der Waals surface area contributed by atoms with Gasteiger partial charge in [0.25, 0.3) is 0 Å². The molecule has 6 aromatic rings. The van der Waals surface area contributed by atoms with E-state index in [-0.39, 0.29) is 5.41 Å². The molecule has 0 spiro atoms. The third kappa shape index (κ3) is 3.29. The van der Waals surface area contributed by atoms with Crippen molar-refractivity contribution in [3.8, 4) is 11.3 Å². The first-order chi connectivity index (χ1) is 16.2. The highest BCUT2D eigenvalue weighted by Gasteiger charge is 2.23. The van der Waals surface area contributed by atoms with Crippen LogP contribution >= 0.6 is 22.7 Å². The quantitative estimate of drug-likeness (QED) is 0.251. The molecule has 0 amide bonds. The molecule has 0 fully saturated rings. The van der Waals surface area contributed by atoms with Crippen LogP contribution < -0.4 is 0 Å². The second-order valence-corrected chi connectivity index (χ2v) is 12.6. The summed E-state index contributed by atoms with van der Waals surface area (Å²) in [6.45, 7) is 13.5. The minimum absolute atomic E-state index is 0.0408. The van der Waals surface area contributed by atoms with Gasteiger partial charge < -0.3 is 4.42 Å². The summed E-state index contributed by atoms with van der Waals surface area (Å²) < 4.78 is 9.13. The van der Waals surface area contributed by atoms with E-state index in [1.807, 2.05) is 11.3 Å². The molecule has 0 saturated carbocycles. The maximum absolute atomic E-state index is 6.57. The van der Waals surface area contributed by atoms with Gasteiger partial charge in [-0.25, -0.2) is 9.97 Å². The molecule has 4 heterocycles. The van der Waals surface area contributed by atoms with Gasteiger partial charge in [-0.1, -0.05) is 34.6 Å². The van der Waals surface area contributed by atoms with Crippen molar-refractivity contribution in [1.29, 1.82) is 0 Å². The normalized spacial score (nSPS) is 12.8. The Balaban J connectivity index is 1.71. The molecule has 34 heavy (non-hydrogen) atoms. The lowest BCUT2D eigenvalue weighted by molar-refractivity contribution is 0.498. The Morgan fingerprint density at radius 3 is 2.62 bits per heavy atom. The highest BCUT2D eigenvalue weighted by molar-refractivity contribution is 7.25. The molecule has 0 bridgehead atoms. The summed E-state index contributed by atoms with van der Waals surface area (Å²) in [5.74, 6) is 1.63. The van der Waals surface area contributed by atoms with E-state index in [1.165, 1.54) is 31.3 Å². The number of aromatic nitrogens is 2. The molecule has 172 valence electrons. The second kappa shape index (κ2) is 7.62. The minimum atomic E-state index is 0.0408. The number of benzene rings is 2. The Labute approximate surface area is 207 Å². The van der Waals surface area contributed by atoms with Crippen LogP contribution in [0, 0.1) is 12.8 Å². The number of nitrogens with zero attached hydrogens (tertiary/aromatic N) is 2. The fraction of sp³-hybridized carbons (Fsp3) is 0.310. The van der Waals surface area contributed by atoms with Crippen LogP contribution in [-0.2, 0) is 11.8 Å². The summed E-state index contributed by atoms with van der Waals surface area (Å²) >= 11 is 3.54. The first-order valence-electron chi connectivity index (χ1n) is 11.8. The SMILES string of the molecule is Cc1c(CC(C)C)oc2c1ccc1sc3ncnc(-c4cc(C(C)(C)C)c5sccc5c4)c3c12. The molecule has 3 nitrogen and oxygen atoms in total. The van der Waals surface area contributed by atoms with Crippen LogP contribution in [0.15, 0.2) is 46.5 Å². The van der Waals surface area contributed by atoms with Crippen LogP contribution in [-0.4, -0.2) is 9.97 Å². The second-order valence-electron chi connectivity index (χ2n) is 10.7. The Bertz CT molecular complexity index is 1710. The lowest BCUT2D eigenvalue weighted by Crippen LogP contribution is -2.11. The molecule has 0 N–H and O–H groups in total. The van der Waals surface area contributed by atoms with Crippen molar-refractivity contribution in [2.45, 2.75) is 53.4 Å². The first-order valence-corrected chi connectivity index (χ1v) is 13.5. The predicted octanol–water partition coefficient (Wildman–Crippen LogP) is 9.28. The standard InChI is InChI=1S/C29H28N2OS2/c1-15(2)11-21-16(3)19-7-8-22-23(26(19)32-21)24-25(30-14-31-28(24)34-22)18-12-17-9-10-33-27(17)20(13-18)29(4,5)6/h7-10,12-15H,11H2,1-6H3. The van der Waals surface area contributed by atoms with E-state index in [0.29, 0.717) is 5.92 Å². The molecule has 0 radical (unpaired) electrons. The summed E-state index contributed by atoms with van der Waals surface area (Å²) in [6.07, 6.45) is 2.65. The van der Waals surface area contributed by atoms with Gasteiger partial charge in [0, 0.05) is 37.5 Å². The molecular formula is C29H28N2OS2. The topological polar surface area (TPSA) is 38.9 Å². The van der Waals surface area contributed by atoms with Gasteiger partial charge in [0.2, 0.25) is 0 Å². The summed E-state index contributed by atoms with van der Waals surface area (Å²) in [6, 6.07) is 11.3. The number of rotatable bonds is 3. The molecule has 0 aliphatic rings. The molecule has 0 atom stereocenters. The number of furan rings is 1. The van der Waals surface area contributed by atoms with Gasteiger partial charge in [0.15, 0.2) is 0 Å². The summed E-state index contributed by atoms with van der Waals surface area (Å²) in [7, 11) is 0. The zero-order valence-corrected chi connectivity index (χ0v) is 22.1. The molecular weight excluding hydrogens is 456 g/mol. The van der Waals surface area contributed by atoms with Crippen molar-refractivity contribution < 1.29 is 4.42 Å². The van der Waals surface area contributed by atoms with E-state index < -0.39 is 0 Å². The van der Waals surface area contributed by atoms with Crippen molar-refractivity contribution in [3.05, 3.63) is 58.9 Å². The average molecular weight is 485 g/mol. The van der Waals surface area contributed by atoms with Gasteiger partial charge in [0.05, 0.1) is 5.69 Å². The van der Waals surface area contributed by atoms with Crippen molar-refractivity contribution >= 4 is 64.0 Å². The van der Waals surface area contributed by atoms with Crippen molar-refractivity contribution in [3.63, 3.8) is 0 Å². The first kappa shape index (κ1) is 21.8. The zero-order chi connectivity index (χ0) is 23.8. The number of hydrogen-bond acceptors (Lipinski definition) is 5. The molecule has 0 aliphatic heterocycles. The third-order valence-electron chi connectivity index (χ3n) is 6.66. The molecule has 4 aromatic heterocycles. The van der Waals surface area contributed by atoms with Crippen LogP contribution in [0.1, 0.15) is 51.5 Å². The molecule has 0 saturated heterocycles. The largest absolute Gasteiger partial charge is 0.460 e. The number of aryl methyl sites for hydroxylation is 1. The van der Waals surface area contributed by atoms with Gasteiger partial charge in [-0.2, -0.15) is 0 Å². The molecule has 0 unspecified atom stereocenters. The van der Waals surface area contributed by atoms with Crippen LogP contribution in [0.3, 0.4) is 0 Å². The van der Waals surface area contributed by atoms with Gasteiger partial charge in [-0.05, 0) is 70.5 Å². The monoisotopic (exact) mass is 484 g/mol. The van der Waals surface area contributed by atoms with Gasteiger partial charge in [-0.15, -0.1) is 22.7 Å². The predicted molar refractivity (Wildman–Crippen MR) is 147 cm³/mol. The fourth-order valence-electron chi connectivity index (χ4n) is 4.97.